The minimum absolute atomic E-state index is 0. The molecule has 6 heteroatoms. The maximum Gasteiger partial charge on any atom is 0.0556 e. The Labute approximate surface area is 115 Å². The van der Waals surface area contributed by atoms with Gasteiger partial charge in [0, 0.05) is 31.9 Å². The minimum atomic E-state index is 0. The van der Waals surface area contributed by atoms with Crippen LogP contribution in [0.5, 0.6) is 0 Å². The number of halogens is 3. The van der Waals surface area contributed by atoms with Crippen molar-refractivity contribution in [1.29, 1.82) is 0 Å². The molecular formula is C10H18Cl3N3. The molecule has 1 atom stereocenters. The van der Waals surface area contributed by atoms with Crippen molar-refractivity contribution in [2.75, 3.05) is 24.5 Å². The molecule has 0 radical (unpaired) electrons. The maximum absolute atomic E-state index is 4.13. The lowest BCUT2D eigenvalue weighted by Gasteiger charge is -2.35. The first kappa shape index (κ1) is 18.2. The molecule has 0 bridgehead atoms. The monoisotopic (exact) mass is 285 g/mol. The molecular weight excluding hydrogens is 268 g/mol. The molecule has 2 heterocycles. The van der Waals surface area contributed by atoms with E-state index in [1.165, 1.54) is 5.69 Å². The third-order valence-electron chi connectivity index (χ3n) is 2.48. The van der Waals surface area contributed by atoms with Gasteiger partial charge in [-0.15, -0.1) is 37.2 Å². The third kappa shape index (κ3) is 4.34. The van der Waals surface area contributed by atoms with Gasteiger partial charge in [-0.2, -0.15) is 0 Å². The summed E-state index contributed by atoms with van der Waals surface area (Å²) in [5.74, 6) is 0. The van der Waals surface area contributed by atoms with Crippen molar-refractivity contribution in [2.45, 2.75) is 13.0 Å². The van der Waals surface area contributed by atoms with Crippen molar-refractivity contribution in [1.82, 2.24) is 10.3 Å². The van der Waals surface area contributed by atoms with Gasteiger partial charge in [0.25, 0.3) is 0 Å². The third-order valence-corrected chi connectivity index (χ3v) is 2.48. The molecule has 3 nitrogen and oxygen atoms in total. The molecule has 16 heavy (non-hydrogen) atoms. The maximum atomic E-state index is 4.13. The number of aromatic nitrogens is 1. The molecule has 1 unspecified atom stereocenters. The number of nitrogens with one attached hydrogen (secondary N) is 1. The van der Waals surface area contributed by atoms with Crippen LogP contribution in [0.25, 0.3) is 0 Å². The van der Waals surface area contributed by atoms with Crippen LogP contribution in [-0.2, 0) is 0 Å². The van der Waals surface area contributed by atoms with Crippen LogP contribution in [-0.4, -0.2) is 30.7 Å². The Kier molecular flexibility index (Phi) is 10.1. The van der Waals surface area contributed by atoms with E-state index in [-0.39, 0.29) is 37.2 Å². The second kappa shape index (κ2) is 8.88. The second-order valence-electron chi connectivity index (χ2n) is 3.46. The fourth-order valence-electron chi connectivity index (χ4n) is 1.75. The summed E-state index contributed by atoms with van der Waals surface area (Å²) < 4.78 is 0. The van der Waals surface area contributed by atoms with Gasteiger partial charge < -0.3 is 10.2 Å². The number of hydrogen-bond acceptors (Lipinski definition) is 3. The van der Waals surface area contributed by atoms with Gasteiger partial charge in [0.05, 0.1) is 11.9 Å². The molecule has 2 rings (SSSR count). The average Bonchev–Trinajstić information content (AvgIpc) is 2.20. The fourth-order valence-corrected chi connectivity index (χ4v) is 1.75. The lowest BCUT2D eigenvalue weighted by molar-refractivity contribution is 0.500. The lowest BCUT2D eigenvalue weighted by atomic mass is 10.2. The molecule has 1 aromatic heterocycles. The molecule has 0 saturated carbocycles. The van der Waals surface area contributed by atoms with Gasteiger partial charge in [0.15, 0.2) is 0 Å². The number of hydrogen-bond donors (Lipinski definition) is 1. The van der Waals surface area contributed by atoms with Crippen molar-refractivity contribution in [3.05, 3.63) is 24.5 Å². The molecule has 0 aliphatic carbocycles. The van der Waals surface area contributed by atoms with Crippen LogP contribution in [0.4, 0.5) is 5.69 Å². The Morgan fingerprint density at radius 2 is 2.12 bits per heavy atom. The standard InChI is InChI=1S/C10H15N3.3ClH/c1-9-7-12-5-6-13(9)10-3-2-4-11-8-10;;;/h2-4,8-9,12H,5-7H2,1H3;3*1H. The SMILES string of the molecule is CC1CNCCN1c1cccnc1.Cl.Cl.Cl. The van der Waals surface area contributed by atoms with Crippen molar-refractivity contribution >= 4 is 42.9 Å². The molecule has 0 spiro atoms. The van der Waals surface area contributed by atoms with E-state index < -0.39 is 0 Å². The highest BCUT2D eigenvalue weighted by Crippen LogP contribution is 2.15. The molecule has 1 fully saturated rings. The average molecular weight is 287 g/mol. The predicted octanol–water partition coefficient (Wildman–Crippen LogP) is 2.15. The van der Waals surface area contributed by atoms with Crippen LogP contribution in [0.3, 0.4) is 0 Å². The zero-order valence-electron chi connectivity index (χ0n) is 9.13. The summed E-state index contributed by atoms with van der Waals surface area (Å²) in [4.78, 5) is 6.52. The quantitative estimate of drug-likeness (QED) is 0.857. The molecule has 1 saturated heterocycles. The van der Waals surface area contributed by atoms with Crippen LogP contribution in [0, 0.1) is 0 Å². The summed E-state index contributed by atoms with van der Waals surface area (Å²) in [5, 5.41) is 3.37. The first-order chi connectivity index (χ1) is 6.38. The first-order valence-corrected chi connectivity index (χ1v) is 4.75. The van der Waals surface area contributed by atoms with Gasteiger partial charge in [-0.25, -0.2) is 0 Å². The summed E-state index contributed by atoms with van der Waals surface area (Å²) in [5.41, 5.74) is 1.23. The van der Waals surface area contributed by atoms with Crippen LogP contribution >= 0.6 is 37.2 Å². The van der Waals surface area contributed by atoms with Crippen molar-refractivity contribution in [3.8, 4) is 0 Å². The molecule has 1 aliphatic rings. The second-order valence-corrected chi connectivity index (χ2v) is 3.46. The fraction of sp³-hybridized carbons (Fsp3) is 0.500. The topological polar surface area (TPSA) is 28.2 Å². The molecule has 1 aromatic rings. The number of nitrogens with zero attached hydrogens (tertiary/aromatic N) is 2. The van der Waals surface area contributed by atoms with E-state index >= 15 is 0 Å². The number of pyridine rings is 1. The van der Waals surface area contributed by atoms with E-state index in [1.54, 1.807) is 0 Å². The van der Waals surface area contributed by atoms with Crippen LogP contribution < -0.4 is 10.2 Å². The van der Waals surface area contributed by atoms with E-state index in [2.05, 4.69) is 28.2 Å². The molecule has 0 amide bonds. The predicted molar refractivity (Wildman–Crippen MR) is 75.7 cm³/mol. The summed E-state index contributed by atoms with van der Waals surface area (Å²) >= 11 is 0. The van der Waals surface area contributed by atoms with Crippen molar-refractivity contribution < 1.29 is 0 Å². The van der Waals surface area contributed by atoms with E-state index in [0.29, 0.717) is 6.04 Å². The Balaban J connectivity index is 0. The summed E-state index contributed by atoms with van der Waals surface area (Å²) in [7, 11) is 0. The van der Waals surface area contributed by atoms with Gasteiger partial charge in [-0.1, -0.05) is 0 Å². The number of piperazine rings is 1. The van der Waals surface area contributed by atoms with Gasteiger partial charge in [0.2, 0.25) is 0 Å². The Morgan fingerprint density at radius 1 is 1.38 bits per heavy atom. The van der Waals surface area contributed by atoms with Crippen LogP contribution in [0.2, 0.25) is 0 Å². The summed E-state index contributed by atoms with van der Waals surface area (Å²) in [6, 6.07) is 4.68. The van der Waals surface area contributed by atoms with E-state index in [1.807, 2.05) is 18.5 Å². The zero-order chi connectivity index (χ0) is 9.10. The highest BCUT2D eigenvalue weighted by atomic mass is 35.5. The molecule has 1 N–H and O–H groups in total. The molecule has 0 aromatic carbocycles. The van der Waals surface area contributed by atoms with Crippen LogP contribution in [0.15, 0.2) is 24.5 Å². The summed E-state index contributed by atoms with van der Waals surface area (Å²) in [6.07, 6.45) is 3.75. The molecule has 94 valence electrons. The van der Waals surface area contributed by atoms with Crippen LogP contribution in [0.1, 0.15) is 6.92 Å². The Hall–Kier alpha value is -0.220. The largest absolute Gasteiger partial charge is 0.365 e. The van der Waals surface area contributed by atoms with E-state index in [0.717, 1.165) is 19.6 Å². The van der Waals surface area contributed by atoms with Gasteiger partial charge in [-0.05, 0) is 19.1 Å². The number of rotatable bonds is 1. The zero-order valence-corrected chi connectivity index (χ0v) is 11.6. The highest BCUT2D eigenvalue weighted by Gasteiger charge is 2.17. The Morgan fingerprint density at radius 3 is 2.69 bits per heavy atom. The van der Waals surface area contributed by atoms with E-state index in [4.69, 9.17) is 0 Å². The van der Waals surface area contributed by atoms with Crippen molar-refractivity contribution in [3.63, 3.8) is 0 Å². The van der Waals surface area contributed by atoms with Gasteiger partial charge >= 0.3 is 0 Å². The highest BCUT2D eigenvalue weighted by molar-refractivity contribution is 5.86. The number of anilines is 1. The summed E-state index contributed by atoms with van der Waals surface area (Å²) in [6.45, 7) is 5.44. The van der Waals surface area contributed by atoms with Gasteiger partial charge in [0.1, 0.15) is 0 Å². The minimum Gasteiger partial charge on any atom is -0.365 e. The lowest BCUT2D eigenvalue weighted by Crippen LogP contribution is -2.49. The molecule has 1 aliphatic heterocycles. The Bertz CT molecular complexity index is 271. The first-order valence-electron chi connectivity index (χ1n) is 4.75. The normalized spacial score (nSPS) is 18.8. The smallest absolute Gasteiger partial charge is 0.0556 e. The van der Waals surface area contributed by atoms with Gasteiger partial charge in [-0.3, -0.25) is 4.98 Å². The van der Waals surface area contributed by atoms with E-state index in [9.17, 15) is 0 Å². The van der Waals surface area contributed by atoms with Crippen molar-refractivity contribution in [2.24, 2.45) is 0 Å².